The summed E-state index contributed by atoms with van der Waals surface area (Å²) < 4.78 is 111. The van der Waals surface area contributed by atoms with E-state index in [1.165, 1.54) is 40.8 Å². The number of rotatable bonds is 18. The Hall–Kier alpha value is -6.79. The average molecular weight is 950 g/mol. The van der Waals surface area contributed by atoms with Crippen LogP contribution in [0.2, 0.25) is 0 Å². The molecule has 0 bridgehead atoms. The third-order valence-corrected chi connectivity index (χ3v) is 12.0. The van der Waals surface area contributed by atoms with Gasteiger partial charge in [-0.05, 0) is 86.7 Å². The van der Waals surface area contributed by atoms with Gasteiger partial charge in [-0.3, -0.25) is 18.1 Å². The van der Waals surface area contributed by atoms with Crippen LogP contribution in [0, 0.1) is 32.1 Å². The summed E-state index contributed by atoms with van der Waals surface area (Å²) in [7, 11) is -13.4. The van der Waals surface area contributed by atoms with Gasteiger partial charge in [0.05, 0.1) is 53.7 Å². The molecule has 0 aliphatic carbocycles. The minimum atomic E-state index is -4.78. The summed E-state index contributed by atoms with van der Waals surface area (Å²) in [5, 5.41) is 56.5. The van der Waals surface area contributed by atoms with Gasteiger partial charge < -0.3 is 19.7 Å². The van der Waals surface area contributed by atoms with Gasteiger partial charge in [-0.25, -0.2) is 4.98 Å². The van der Waals surface area contributed by atoms with E-state index >= 15 is 0 Å². The highest BCUT2D eigenvalue weighted by molar-refractivity contribution is 7.86. The summed E-state index contributed by atoms with van der Waals surface area (Å²) in [5.41, 5.74) is 3.01. The highest BCUT2D eigenvalue weighted by Gasteiger charge is 2.22. The number of imidazole rings is 1. The first-order chi connectivity index (χ1) is 30.7. The number of para-hydroxylation sites is 2. The van der Waals surface area contributed by atoms with Crippen LogP contribution in [-0.2, 0) is 37.0 Å². The maximum absolute atomic E-state index is 12.1. The number of aromatic hydroxyl groups is 1. The Labute approximate surface area is 371 Å². The summed E-state index contributed by atoms with van der Waals surface area (Å²) in [5.74, 6) is -1.53. The lowest BCUT2D eigenvalue weighted by Crippen LogP contribution is -2.08. The van der Waals surface area contributed by atoms with Crippen molar-refractivity contribution in [1.82, 2.24) is 9.38 Å². The fourth-order valence-corrected chi connectivity index (χ4v) is 7.90. The Morgan fingerprint density at radius 3 is 1.74 bits per heavy atom. The van der Waals surface area contributed by atoms with Crippen LogP contribution in [0.15, 0.2) is 102 Å². The van der Waals surface area contributed by atoms with Crippen molar-refractivity contribution >= 4 is 81.2 Å². The lowest BCUT2D eigenvalue weighted by atomic mass is 10.1. The maximum atomic E-state index is 12.1. The van der Waals surface area contributed by atoms with Gasteiger partial charge in [-0.1, -0.05) is 18.2 Å². The molecule has 22 nitrogen and oxygen atoms in total. The monoisotopic (exact) mass is 949 g/mol. The predicted octanol–water partition coefficient (Wildman–Crippen LogP) is 8.29. The Kier molecular flexibility index (Phi) is 14.3. The van der Waals surface area contributed by atoms with Gasteiger partial charge in [0.1, 0.15) is 45.1 Å². The number of pyridine rings is 1. The molecule has 0 unspecified atom stereocenters. The Bertz CT molecular complexity index is 3310. The first kappa shape index (κ1) is 47.7. The number of aliphatic hydroxyl groups excluding tert-OH is 1. The van der Waals surface area contributed by atoms with Gasteiger partial charge in [-0.15, -0.1) is 20.5 Å². The van der Waals surface area contributed by atoms with E-state index in [4.69, 9.17) is 9.47 Å². The number of hydrogen-bond donors (Lipinski definition) is 5. The summed E-state index contributed by atoms with van der Waals surface area (Å²) in [6.45, 7) is 3.90. The zero-order valence-electron chi connectivity index (χ0n) is 34.6. The molecule has 0 aliphatic heterocycles. The Balaban J connectivity index is 1.39. The number of aliphatic hydroxyl groups is 1. The van der Waals surface area contributed by atoms with Gasteiger partial charge in [0, 0.05) is 17.7 Å². The lowest BCUT2D eigenvalue weighted by Gasteiger charge is -2.12. The molecule has 6 rings (SSSR count). The van der Waals surface area contributed by atoms with Crippen molar-refractivity contribution in [2.24, 2.45) is 30.7 Å². The van der Waals surface area contributed by atoms with E-state index in [9.17, 15) is 54.4 Å². The van der Waals surface area contributed by atoms with Gasteiger partial charge in [0.25, 0.3) is 30.4 Å². The molecule has 2 aromatic heterocycles. The van der Waals surface area contributed by atoms with Crippen molar-refractivity contribution in [2.75, 3.05) is 24.7 Å². The van der Waals surface area contributed by atoms with Crippen LogP contribution in [-0.4, -0.2) is 83.2 Å². The van der Waals surface area contributed by atoms with Gasteiger partial charge >= 0.3 is 0 Å². The molecule has 0 radical (unpaired) electrons. The standard InChI is InChI=1S/C40H39N9O13S3/c1-23-16-32(35(61-12-6-14-63(52,53)54)19-30(23)44-43-29-11-10-26(22-50)18-37(29)65(58,59)60)46-45-31-20-36(62-13-7-15-64(55,56)57)33(17-24(31)2)47-48-38-25(3)27(21-41)39-42-28-8-4-5-9-34(28)49(39)40(38)51/h4-5,8-11,16-20,50-51H,6-7,12-15,22H2,1-3H3,(H,52,53,54)(H,55,56,57)(H,58,59,60). The zero-order chi connectivity index (χ0) is 47.3. The summed E-state index contributed by atoms with van der Waals surface area (Å²) in [6.07, 6.45) is -0.257. The minimum Gasteiger partial charge on any atom is -0.493 e. The SMILES string of the molecule is Cc1cc(N=Nc2c(C)c(C#N)c3nc4ccccc4n3c2O)c(OCCCS(=O)(=O)O)cc1N=Nc1cc(C)c(N=Nc2ccc(CO)cc2S(=O)(=O)O)cc1OCCCS(=O)(=O)O. The highest BCUT2D eigenvalue weighted by Crippen LogP contribution is 2.42. The van der Waals surface area contributed by atoms with Crippen LogP contribution in [0.3, 0.4) is 0 Å². The number of fused-ring (bicyclic) bond motifs is 3. The van der Waals surface area contributed by atoms with Crippen molar-refractivity contribution < 1.29 is 58.6 Å². The molecule has 2 heterocycles. The largest absolute Gasteiger partial charge is 0.493 e. The number of hydrogen-bond acceptors (Lipinski definition) is 18. The molecule has 5 N–H and O–H groups in total. The van der Waals surface area contributed by atoms with Crippen molar-refractivity contribution in [3.63, 3.8) is 0 Å². The van der Waals surface area contributed by atoms with Crippen LogP contribution in [0.5, 0.6) is 17.4 Å². The van der Waals surface area contributed by atoms with Crippen molar-refractivity contribution in [3.05, 3.63) is 94.5 Å². The predicted molar refractivity (Wildman–Crippen MR) is 234 cm³/mol. The van der Waals surface area contributed by atoms with E-state index in [-0.39, 0.29) is 99.9 Å². The molecule has 0 fully saturated rings. The van der Waals surface area contributed by atoms with Gasteiger partial charge in [0.2, 0.25) is 5.88 Å². The number of ether oxygens (including phenoxy) is 2. The fourth-order valence-electron chi connectivity index (χ4n) is 6.26. The molecule has 340 valence electrons. The molecule has 0 saturated heterocycles. The summed E-state index contributed by atoms with van der Waals surface area (Å²) in [4.78, 5) is 3.90. The van der Waals surface area contributed by atoms with Crippen LogP contribution in [0.4, 0.5) is 34.1 Å². The topological polar surface area (TPSA) is 337 Å². The minimum absolute atomic E-state index is 0.00795. The van der Waals surface area contributed by atoms with E-state index in [2.05, 4.69) is 41.7 Å². The molecule has 0 saturated carbocycles. The molecule has 6 aromatic rings. The first-order valence-corrected chi connectivity index (χ1v) is 23.8. The fraction of sp³-hybridized carbons (Fsp3) is 0.250. The number of benzene rings is 4. The quantitative estimate of drug-likeness (QED) is 0.0307. The third-order valence-electron chi connectivity index (χ3n) is 9.49. The van der Waals surface area contributed by atoms with E-state index in [1.807, 2.05) is 0 Å². The van der Waals surface area contributed by atoms with Gasteiger partial charge in [0.15, 0.2) is 11.3 Å². The van der Waals surface area contributed by atoms with E-state index in [0.717, 1.165) is 6.07 Å². The zero-order valence-corrected chi connectivity index (χ0v) is 37.0. The number of aryl methyl sites for hydroxylation is 2. The summed E-state index contributed by atoms with van der Waals surface area (Å²) >= 11 is 0. The highest BCUT2D eigenvalue weighted by atomic mass is 32.2. The van der Waals surface area contributed by atoms with E-state index in [1.54, 1.807) is 45.0 Å². The lowest BCUT2D eigenvalue weighted by molar-refractivity contribution is 0.281. The number of azo groups is 3. The van der Waals surface area contributed by atoms with Crippen LogP contribution in [0.25, 0.3) is 16.7 Å². The molecule has 25 heteroatoms. The van der Waals surface area contributed by atoms with E-state index in [0.29, 0.717) is 22.2 Å². The Morgan fingerprint density at radius 1 is 0.692 bits per heavy atom. The van der Waals surface area contributed by atoms with Crippen LogP contribution < -0.4 is 9.47 Å². The number of aromatic nitrogens is 2. The Morgan fingerprint density at radius 2 is 1.22 bits per heavy atom. The molecule has 0 spiro atoms. The number of nitriles is 1. The normalized spacial score (nSPS) is 12.6. The van der Waals surface area contributed by atoms with Crippen LogP contribution >= 0.6 is 0 Å². The molecular weight excluding hydrogens is 911 g/mol. The van der Waals surface area contributed by atoms with Crippen molar-refractivity contribution in [3.8, 4) is 23.4 Å². The molecule has 0 atom stereocenters. The number of nitrogens with zero attached hydrogens (tertiary/aromatic N) is 9. The molecule has 65 heavy (non-hydrogen) atoms. The average Bonchev–Trinajstić information content (AvgIpc) is 3.62. The van der Waals surface area contributed by atoms with Crippen molar-refractivity contribution in [1.29, 1.82) is 5.26 Å². The van der Waals surface area contributed by atoms with Crippen LogP contribution in [0.1, 0.15) is 40.7 Å². The second-order valence-electron chi connectivity index (χ2n) is 14.3. The summed E-state index contributed by atoms with van der Waals surface area (Å²) in [6, 6.07) is 18.5. The second kappa shape index (κ2) is 19.5. The molecule has 0 amide bonds. The smallest absolute Gasteiger partial charge is 0.296 e. The third kappa shape index (κ3) is 11.7. The molecule has 4 aromatic carbocycles. The van der Waals surface area contributed by atoms with Crippen molar-refractivity contribution in [2.45, 2.75) is 45.1 Å². The molecular formula is C40H39N9O13S3. The van der Waals surface area contributed by atoms with E-state index < -0.39 is 53.4 Å². The second-order valence-corrected chi connectivity index (χ2v) is 18.8. The van der Waals surface area contributed by atoms with Gasteiger partial charge in [-0.2, -0.15) is 40.7 Å². The maximum Gasteiger partial charge on any atom is 0.296 e. The molecule has 0 aliphatic rings. The first-order valence-electron chi connectivity index (χ1n) is 19.1.